The van der Waals surface area contributed by atoms with Crippen molar-refractivity contribution in [2.75, 3.05) is 32.9 Å². The van der Waals surface area contributed by atoms with Crippen molar-refractivity contribution in [2.24, 2.45) is 5.41 Å². The normalized spacial score (nSPS) is 33.0. The number of rotatable bonds is 2. The summed E-state index contributed by atoms with van der Waals surface area (Å²) < 4.78 is 10.8. The van der Waals surface area contributed by atoms with Gasteiger partial charge < -0.3 is 24.8 Å². The SMILES string of the molecule is CC1(C)CN(C(=O)NC2COCC2(C)C(=O)O)CCO1. The second kappa shape index (κ2) is 5.21. The van der Waals surface area contributed by atoms with E-state index in [-0.39, 0.29) is 24.8 Å². The van der Waals surface area contributed by atoms with Gasteiger partial charge in [-0.25, -0.2) is 4.79 Å². The molecular formula is C13H22N2O5. The molecule has 2 N–H and O–H groups in total. The fourth-order valence-electron chi connectivity index (χ4n) is 2.52. The first-order chi connectivity index (χ1) is 9.24. The summed E-state index contributed by atoms with van der Waals surface area (Å²) in [7, 11) is 0. The highest BCUT2D eigenvalue weighted by Crippen LogP contribution is 2.29. The number of carboxylic acids is 1. The van der Waals surface area contributed by atoms with Gasteiger partial charge >= 0.3 is 12.0 Å². The zero-order valence-corrected chi connectivity index (χ0v) is 12.1. The fourth-order valence-corrected chi connectivity index (χ4v) is 2.52. The molecule has 20 heavy (non-hydrogen) atoms. The minimum absolute atomic E-state index is 0.113. The average Bonchev–Trinajstić information content (AvgIpc) is 2.71. The van der Waals surface area contributed by atoms with Crippen LogP contribution in [0.5, 0.6) is 0 Å². The molecule has 2 heterocycles. The molecule has 2 aliphatic rings. The van der Waals surface area contributed by atoms with Gasteiger partial charge in [0.25, 0.3) is 0 Å². The number of nitrogens with one attached hydrogen (secondary N) is 1. The Labute approximate surface area is 118 Å². The van der Waals surface area contributed by atoms with Crippen molar-refractivity contribution in [3.05, 3.63) is 0 Å². The summed E-state index contributed by atoms with van der Waals surface area (Å²) in [4.78, 5) is 25.2. The molecule has 2 unspecified atom stereocenters. The molecule has 7 nitrogen and oxygen atoms in total. The minimum atomic E-state index is -1.07. The van der Waals surface area contributed by atoms with Crippen LogP contribution in [0.2, 0.25) is 0 Å². The van der Waals surface area contributed by atoms with Gasteiger partial charge in [0.15, 0.2) is 0 Å². The van der Waals surface area contributed by atoms with Crippen molar-refractivity contribution < 1.29 is 24.2 Å². The number of nitrogens with zero attached hydrogens (tertiary/aromatic N) is 1. The Balaban J connectivity index is 1.99. The number of ether oxygens (including phenoxy) is 2. The third-order valence-electron chi connectivity index (χ3n) is 3.95. The van der Waals surface area contributed by atoms with Crippen LogP contribution >= 0.6 is 0 Å². The molecule has 2 atom stereocenters. The molecule has 0 bridgehead atoms. The van der Waals surface area contributed by atoms with Crippen LogP contribution in [0, 0.1) is 5.41 Å². The summed E-state index contributed by atoms with van der Waals surface area (Å²) in [5, 5.41) is 12.1. The molecule has 2 saturated heterocycles. The van der Waals surface area contributed by atoms with E-state index >= 15 is 0 Å². The maximum atomic E-state index is 12.3. The lowest BCUT2D eigenvalue weighted by atomic mass is 9.85. The Kier molecular flexibility index (Phi) is 3.93. The van der Waals surface area contributed by atoms with Crippen molar-refractivity contribution in [3.63, 3.8) is 0 Å². The molecule has 7 heteroatoms. The Morgan fingerprint density at radius 2 is 2.05 bits per heavy atom. The number of carboxylic acid groups (broad SMARTS) is 1. The van der Waals surface area contributed by atoms with Crippen molar-refractivity contribution in [1.29, 1.82) is 0 Å². The fraction of sp³-hybridized carbons (Fsp3) is 0.846. The lowest BCUT2D eigenvalue weighted by molar-refractivity contribution is -0.148. The van der Waals surface area contributed by atoms with Gasteiger partial charge in [-0.3, -0.25) is 4.79 Å². The van der Waals surface area contributed by atoms with Gasteiger partial charge in [0, 0.05) is 6.54 Å². The smallest absolute Gasteiger partial charge is 0.317 e. The standard InChI is InChI=1S/C13H22N2O5/c1-12(2)7-15(4-5-20-12)11(18)14-9-6-19-8-13(9,3)10(16)17/h9H,4-8H2,1-3H3,(H,14,18)(H,16,17). The monoisotopic (exact) mass is 286 g/mol. The maximum absolute atomic E-state index is 12.3. The van der Waals surface area contributed by atoms with Crippen LogP contribution in [0.3, 0.4) is 0 Å². The zero-order valence-electron chi connectivity index (χ0n) is 12.1. The maximum Gasteiger partial charge on any atom is 0.317 e. The van der Waals surface area contributed by atoms with E-state index in [0.717, 1.165) is 0 Å². The number of hydrogen-bond acceptors (Lipinski definition) is 4. The van der Waals surface area contributed by atoms with Gasteiger partial charge in [-0.05, 0) is 20.8 Å². The topological polar surface area (TPSA) is 88.1 Å². The first-order valence-electron chi connectivity index (χ1n) is 6.75. The van der Waals surface area contributed by atoms with Crippen molar-refractivity contribution in [3.8, 4) is 0 Å². The van der Waals surface area contributed by atoms with Crippen LogP contribution in [0.1, 0.15) is 20.8 Å². The van der Waals surface area contributed by atoms with Gasteiger partial charge in [-0.1, -0.05) is 0 Å². The number of amides is 2. The molecule has 2 aliphatic heterocycles. The van der Waals surface area contributed by atoms with Crippen molar-refractivity contribution >= 4 is 12.0 Å². The molecular weight excluding hydrogens is 264 g/mol. The molecule has 0 saturated carbocycles. The van der Waals surface area contributed by atoms with Gasteiger partial charge in [-0.2, -0.15) is 0 Å². The molecule has 0 aromatic carbocycles. The third kappa shape index (κ3) is 2.88. The summed E-state index contributed by atoms with van der Waals surface area (Å²) >= 11 is 0. The Bertz CT molecular complexity index is 412. The summed E-state index contributed by atoms with van der Waals surface area (Å²) in [6.07, 6.45) is 0. The zero-order chi connectivity index (χ0) is 15.0. The molecule has 114 valence electrons. The predicted octanol–water partition coefficient (Wildman–Crippen LogP) is 0.297. The highest BCUT2D eigenvalue weighted by atomic mass is 16.5. The second-order valence-corrected chi connectivity index (χ2v) is 6.27. The molecule has 0 aliphatic carbocycles. The van der Waals surface area contributed by atoms with E-state index in [0.29, 0.717) is 19.7 Å². The van der Waals surface area contributed by atoms with Crippen LogP contribution < -0.4 is 5.32 Å². The van der Waals surface area contributed by atoms with E-state index in [4.69, 9.17) is 9.47 Å². The number of carbonyl (C=O) groups is 2. The van der Waals surface area contributed by atoms with Crippen LogP contribution in [0.15, 0.2) is 0 Å². The van der Waals surface area contributed by atoms with E-state index in [1.54, 1.807) is 11.8 Å². The second-order valence-electron chi connectivity index (χ2n) is 6.27. The molecule has 0 aromatic rings. The highest BCUT2D eigenvalue weighted by Gasteiger charge is 2.48. The summed E-state index contributed by atoms with van der Waals surface area (Å²) in [6, 6.07) is -0.775. The van der Waals surface area contributed by atoms with E-state index in [1.165, 1.54) is 0 Å². The third-order valence-corrected chi connectivity index (χ3v) is 3.95. The first-order valence-corrected chi connectivity index (χ1v) is 6.75. The Morgan fingerprint density at radius 3 is 2.65 bits per heavy atom. The molecule has 0 spiro atoms. The molecule has 2 amide bonds. The molecule has 2 rings (SSSR count). The number of urea groups is 1. The summed E-state index contributed by atoms with van der Waals surface area (Å²) in [6.45, 7) is 7.25. The van der Waals surface area contributed by atoms with Crippen molar-refractivity contribution in [1.82, 2.24) is 10.2 Å². The van der Waals surface area contributed by atoms with E-state index < -0.39 is 17.4 Å². The van der Waals surface area contributed by atoms with Crippen LogP contribution in [0.25, 0.3) is 0 Å². The van der Waals surface area contributed by atoms with Gasteiger partial charge in [0.1, 0.15) is 5.41 Å². The lowest BCUT2D eigenvalue weighted by Crippen LogP contribution is -2.58. The van der Waals surface area contributed by atoms with Gasteiger partial charge in [0.2, 0.25) is 0 Å². The minimum Gasteiger partial charge on any atom is -0.481 e. The Morgan fingerprint density at radius 1 is 1.35 bits per heavy atom. The number of hydrogen-bond donors (Lipinski definition) is 2. The van der Waals surface area contributed by atoms with E-state index in [1.807, 2.05) is 13.8 Å². The molecule has 2 fully saturated rings. The van der Waals surface area contributed by atoms with Crippen LogP contribution in [-0.4, -0.2) is 66.6 Å². The quantitative estimate of drug-likeness (QED) is 0.762. The summed E-state index contributed by atoms with van der Waals surface area (Å²) in [5.74, 6) is -0.956. The first kappa shape index (κ1) is 15.1. The molecule has 0 radical (unpaired) electrons. The Hall–Kier alpha value is -1.34. The number of morpholine rings is 1. The van der Waals surface area contributed by atoms with Crippen molar-refractivity contribution in [2.45, 2.75) is 32.4 Å². The van der Waals surface area contributed by atoms with E-state index in [9.17, 15) is 14.7 Å². The number of carbonyl (C=O) groups excluding carboxylic acids is 1. The lowest BCUT2D eigenvalue weighted by Gasteiger charge is -2.39. The van der Waals surface area contributed by atoms with Gasteiger partial charge in [-0.15, -0.1) is 0 Å². The van der Waals surface area contributed by atoms with E-state index in [2.05, 4.69) is 5.32 Å². The van der Waals surface area contributed by atoms with Crippen LogP contribution in [0.4, 0.5) is 4.79 Å². The average molecular weight is 286 g/mol. The van der Waals surface area contributed by atoms with Crippen LogP contribution in [-0.2, 0) is 14.3 Å². The predicted molar refractivity (Wildman–Crippen MR) is 70.5 cm³/mol. The molecule has 0 aromatic heterocycles. The largest absolute Gasteiger partial charge is 0.481 e. The highest BCUT2D eigenvalue weighted by molar-refractivity contribution is 5.79. The summed E-state index contributed by atoms with van der Waals surface area (Å²) in [5.41, 5.74) is -1.45. The number of aliphatic carboxylic acids is 1. The van der Waals surface area contributed by atoms with Gasteiger partial charge in [0.05, 0.1) is 38.0 Å².